The second-order valence-electron chi connectivity index (χ2n) is 4.67. The van der Waals surface area contributed by atoms with Crippen molar-refractivity contribution < 1.29 is 4.74 Å². The molecule has 1 aromatic carbocycles. The van der Waals surface area contributed by atoms with Crippen LogP contribution in [0, 0.1) is 17.2 Å². The molecular formula is C15H21NO. The van der Waals surface area contributed by atoms with E-state index in [0.29, 0.717) is 5.92 Å². The Morgan fingerprint density at radius 1 is 1.35 bits per heavy atom. The molecule has 1 atom stereocenters. The van der Waals surface area contributed by atoms with Gasteiger partial charge in [0.25, 0.3) is 0 Å². The monoisotopic (exact) mass is 231 g/mol. The molecule has 0 bridgehead atoms. The van der Waals surface area contributed by atoms with E-state index in [2.05, 4.69) is 39.0 Å². The van der Waals surface area contributed by atoms with Gasteiger partial charge in [0, 0.05) is 0 Å². The molecule has 0 aliphatic rings. The number of rotatable bonds is 5. The third kappa shape index (κ3) is 3.49. The lowest BCUT2D eigenvalue weighted by Gasteiger charge is -2.14. The summed E-state index contributed by atoms with van der Waals surface area (Å²) in [4.78, 5) is 0. The second kappa shape index (κ2) is 6.30. The summed E-state index contributed by atoms with van der Waals surface area (Å²) in [5.41, 5.74) is 2.45. The molecule has 0 amide bonds. The van der Waals surface area contributed by atoms with Crippen molar-refractivity contribution in [2.24, 2.45) is 5.92 Å². The minimum Gasteiger partial charge on any atom is -0.496 e. The maximum absolute atomic E-state index is 8.99. The highest BCUT2D eigenvalue weighted by Crippen LogP contribution is 2.28. The third-order valence-corrected chi connectivity index (χ3v) is 3.07. The molecular weight excluding hydrogens is 210 g/mol. The number of ether oxygens (including phenoxy) is 1. The Kier molecular flexibility index (Phi) is 5.03. The Balaban J connectivity index is 2.96. The summed E-state index contributed by atoms with van der Waals surface area (Å²) in [6, 6.07) is 8.59. The van der Waals surface area contributed by atoms with Gasteiger partial charge in [-0.2, -0.15) is 5.26 Å². The minimum atomic E-state index is 0.114. The van der Waals surface area contributed by atoms with Gasteiger partial charge in [-0.1, -0.05) is 32.9 Å². The van der Waals surface area contributed by atoms with Crippen LogP contribution in [0.25, 0.3) is 0 Å². The lowest BCUT2D eigenvalue weighted by Crippen LogP contribution is -2.02. The normalized spacial score (nSPS) is 12.2. The summed E-state index contributed by atoms with van der Waals surface area (Å²) < 4.78 is 5.35. The molecule has 0 saturated carbocycles. The van der Waals surface area contributed by atoms with Gasteiger partial charge in [0.1, 0.15) is 5.75 Å². The molecule has 0 N–H and O–H groups in total. The molecule has 2 heteroatoms. The Bertz CT molecular complexity index is 404. The largest absolute Gasteiger partial charge is 0.496 e. The average Bonchev–Trinajstić information content (AvgIpc) is 2.35. The van der Waals surface area contributed by atoms with E-state index < -0.39 is 0 Å². The predicted octanol–water partition coefficient (Wildman–Crippen LogP) is 3.91. The molecule has 0 saturated heterocycles. The van der Waals surface area contributed by atoms with Gasteiger partial charge in [-0.15, -0.1) is 0 Å². The SMILES string of the molecule is CCC(C#N)Cc1ccc(OC)c(C(C)C)c1. The van der Waals surface area contributed by atoms with Crippen LogP contribution in [0.3, 0.4) is 0 Å². The molecule has 1 aromatic rings. The number of methoxy groups -OCH3 is 1. The average molecular weight is 231 g/mol. The molecule has 0 aromatic heterocycles. The van der Waals surface area contributed by atoms with Crippen LogP contribution in [-0.2, 0) is 6.42 Å². The van der Waals surface area contributed by atoms with Crippen LogP contribution in [0.2, 0.25) is 0 Å². The predicted molar refractivity (Wildman–Crippen MR) is 70.2 cm³/mol. The van der Waals surface area contributed by atoms with E-state index in [0.717, 1.165) is 18.6 Å². The van der Waals surface area contributed by atoms with Crippen molar-refractivity contribution in [1.82, 2.24) is 0 Å². The first-order chi connectivity index (χ1) is 8.12. The van der Waals surface area contributed by atoms with Crippen molar-refractivity contribution in [3.05, 3.63) is 29.3 Å². The highest BCUT2D eigenvalue weighted by molar-refractivity contribution is 5.39. The molecule has 92 valence electrons. The summed E-state index contributed by atoms with van der Waals surface area (Å²) in [5, 5.41) is 8.99. The summed E-state index contributed by atoms with van der Waals surface area (Å²) in [6.07, 6.45) is 1.73. The maximum atomic E-state index is 8.99. The molecule has 1 rings (SSSR count). The summed E-state index contributed by atoms with van der Waals surface area (Å²) in [5.74, 6) is 1.49. The summed E-state index contributed by atoms with van der Waals surface area (Å²) in [7, 11) is 1.70. The quantitative estimate of drug-likeness (QED) is 0.769. The third-order valence-electron chi connectivity index (χ3n) is 3.07. The van der Waals surface area contributed by atoms with Gasteiger partial charge in [0.2, 0.25) is 0 Å². The molecule has 0 spiro atoms. The molecule has 0 aliphatic heterocycles. The molecule has 2 nitrogen and oxygen atoms in total. The molecule has 0 fully saturated rings. The van der Waals surface area contributed by atoms with Crippen LogP contribution in [0.4, 0.5) is 0 Å². The van der Waals surface area contributed by atoms with E-state index in [1.54, 1.807) is 7.11 Å². The fourth-order valence-electron chi connectivity index (χ4n) is 1.93. The first kappa shape index (κ1) is 13.6. The van der Waals surface area contributed by atoms with E-state index >= 15 is 0 Å². The Morgan fingerprint density at radius 3 is 2.53 bits per heavy atom. The number of nitrogens with zero attached hydrogens (tertiary/aromatic N) is 1. The molecule has 0 heterocycles. The molecule has 0 aliphatic carbocycles. The summed E-state index contributed by atoms with van der Waals surface area (Å²) in [6.45, 7) is 6.37. The highest BCUT2D eigenvalue weighted by Gasteiger charge is 2.11. The van der Waals surface area contributed by atoms with Crippen molar-refractivity contribution in [1.29, 1.82) is 5.26 Å². The van der Waals surface area contributed by atoms with Crippen molar-refractivity contribution in [2.45, 2.75) is 39.5 Å². The fraction of sp³-hybridized carbons (Fsp3) is 0.533. The van der Waals surface area contributed by atoms with Crippen LogP contribution in [0.15, 0.2) is 18.2 Å². The Morgan fingerprint density at radius 2 is 2.06 bits per heavy atom. The van der Waals surface area contributed by atoms with Crippen molar-refractivity contribution in [3.8, 4) is 11.8 Å². The highest BCUT2D eigenvalue weighted by atomic mass is 16.5. The minimum absolute atomic E-state index is 0.114. The lowest BCUT2D eigenvalue weighted by atomic mass is 9.94. The van der Waals surface area contributed by atoms with Crippen molar-refractivity contribution in [2.75, 3.05) is 7.11 Å². The molecule has 17 heavy (non-hydrogen) atoms. The van der Waals surface area contributed by atoms with Gasteiger partial charge in [0.05, 0.1) is 19.1 Å². The zero-order valence-electron chi connectivity index (χ0n) is 11.2. The van der Waals surface area contributed by atoms with Crippen LogP contribution in [0.5, 0.6) is 5.75 Å². The number of hydrogen-bond acceptors (Lipinski definition) is 2. The zero-order valence-corrected chi connectivity index (χ0v) is 11.2. The van der Waals surface area contributed by atoms with Gasteiger partial charge in [-0.25, -0.2) is 0 Å². The standard InChI is InChI=1S/C15H21NO/c1-5-12(10-16)8-13-6-7-15(17-4)14(9-13)11(2)3/h6-7,9,11-12H,5,8H2,1-4H3. The van der Waals surface area contributed by atoms with Gasteiger partial charge in [0.15, 0.2) is 0 Å². The first-order valence-electron chi connectivity index (χ1n) is 6.18. The van der Waals surface area contributed by atoms with Crippen molar-refractivity contribution >= 4 is 0 Å². The number of benzene rings is 1. The smallest absolute Gasteiger partial charge is 0.122 e. The van der Waals surface area contributed by atoms with Gasteiger partial charge in [-0.3, -0.25) is 0 Å². The lowest BCUT2D eigenvalue weighted by molar-refractivity contribution is 0.407. The van der Waals surface area contributed by atoms with Gasteiger partial charge >= 0.3 is 0 Å². The molecule has 0 radical (unpaired) electrons. The Labute approximate surface area is 104 Å². The second-order valence-corrected chi connectivity index (χ2v) is 4.67. The van der Waals surface area contributed by atoms with Gasteiger partial charge in [-0.05, 0) is 36.0 Å². The van der Waals surface area contributed by atoms with Crippen LogP contribution in [-0.4, -0.2) is 7.11 Å². The van der Waals surface area contributed by atoms with Gasteiger partial charge < -0.3 is 4.74 Å². The fourth-order valence-corrected chi connectivity index (χ4v) is 1.93. The van der Waals surface area contributed by atoms with Crippen LogP contribution < -0.4 is 4.74 Å². The van der Waals surface area contributed by atoms with E-state index in [9.17, 15) is 0 Å². The maximum Gasteiger partial charge on any atom is 0.122 e. The van der Waals surface area contributed by atoms with E-state index in [1.807, 2.05) is 6.07 Å². The Hall–Kier alpha value is -1.49. The van der Waals surface area contributed by atoms with E-state index in [4.69, 9.17) is 10.00 Å². The molecule has 1 unspecified atom stereocenters. The topological polar surface area (TPSA) is 33.0 Å². The van der Waals surface area contributed by atoms with Crippen LogP contribution in [0.1, 0.15) is 44.2 Å². The number of hydrogen-bond donors (Lipinski definition) is 0. The van der Waals surface area contributed by atoms with E-state index in [1.165, 1.54) is 11.1 Å². The summed E-state index contributed by atoms with van der Waals surface area (Å²) >= 11 is 0. The first-order valence-corrected chi connectivity index (χ1v) is 6.18. The van der Waals surface area contributed by atoms with Crippen LogP contribution >= 0.6 is 0 Å². The van der Waals surface area contributed by atoms with E-state index in [-0.39, 0.29) is 5.92 Å². The number of nitriles is 1. The zero-order chi connectivity index (χ0) is 12.8. The van der Waals surface area contributed by atoms with Crippen molar-refractivity contribution in [3.63, 3.8) is 0 Å².